The molecule has 0 fully saturated rings. The van der Waals surface area contributed by atoms with Crippen molar-refractivity contribution in [3.63, 3.8) is 0 Å². The molecule has 0 radical (unpaired) electrons. The summed E-state index contributed by atoms with van der Waals surface area (Å²) in [6, 6.07) is 22.0. The van der Waals surface area contributed by atoms with Crippen LogP contribution in [0.2, 0.25) is 0 Å². The van der Waals surface area contributed by atoms with E-state index in [-0.39, 0.29) is 17.4 Å². The molecule has 0 aliphatic rings. The zero-order valence-electron chi connectivity index (χ0n) is 18.7. The van der Waals surface area contributed by atoms with Crippen LogP contribution < -0.4 is 5.32 Å². The molecular weight excluding hydrogens is 432 g/mol. The van der Waals surface area contributed by atoms with E-state index in [1.165, 1.54) is 24.2 Å². The Balaban J connectivity index is 1.64. The highest BCUT2D eigenvalue weighted by Crippen LogP contribution is 2.28. The first-order chi connectivity index (χ1) is 16.1. The Bertz CT molecular complexity index is 1280. The van der Waals surface area contributed by atoms with Crippen molar-refractivity contribution in [2.75, 3.05) is 12.3 Å². The second-order valence-electron chi connectivity index (χ2n) is 7.73. The lowest BCUT2D eigenvalue weighted by atomic mass is 10.1. The lowest BCUT2D eigenvalue weighted by Crippen LogP contribution is -2.23. The molecule has 3 aromatic carbocycles. The third-order valence-corrected chi connectivity index (χ3v) is 6.38. The van der Waals surface area contributed by atoms with Gasteiger partial charge in [-0.15, -0.1) is 10.2 Å². The summed E-state index contributed by atoms with van der Waals surface area (Å²) >= 11 is 1.38. The molecule has 168 valence electrons. The lowest BCUT2D eigenvalue weighted by Gasteiger charge is -2.13. The van der Waals surface area contributed by atoms with Crippen molar-refractivity contribution >= 4 is 34.2 Å². The molecule has 0 saturated heterocycles. The van der Waals surface area contributed by atoms with Gasteiger partial charge in [-0.25, -0.2) is 0 Å². The van der Waals surface area contributed by atoms with Gasteiger partial charge >= 0.3 is 0 Å². The van der Waals surface area contributed by atoms with Crippen molar-refractivity contribution < 1.29 is 9.59 Å². The van der Waals surface area contributed by atoms with Crippen molar-refractivity contribution in [2.45, 2.75) is 31.8 Å². The Kier molecular flexibility index (Phi) is 7.19. The monoisotopic (exact) mass is 458 g/mol. The van der Waals surface area contributed by atoms with Gasteiger partial charge in [0.25, 0.3) is 0 Å². The second-order valence-corrected chi connectivity index (χ2v) is 8.67. The Hall–Kier alpha value is -3.45. The summed E-state index contributed by atoms with van der Waals surface area (Å²) in [7, 11) is 0. The number of hydrogen-bond donors (Lipinski definition) is 1. The normalized spacial score (nSPS) is 11.0. The number of rotatable bonds is 9. The fourth-order valence-corrected chi connectivity index (χ4v) is 4.55. The number of ketones is 1. The molecule has 1 aromatic heterocycles. The lowest BCUT2D eigenvalue weighted by molar-refractivity contribution is -0.118. The summed E-state index contributed by atoms with van der Waals surface area (Å²) in [5.41, 5.74) is 2.86. The van der Waals surface area contributed by atoms with Crippen LogP contribution in [-0.2, 0) is 17.6 Å². The van der Waals surface area contributed by atoms with Gasteiger partial charge in [-0.1, -0.05) is 79.3 Å². The van der Waals surface area contributed by atoms with Gasteiger partial charge in [-0.3, -0.25) is 14.2 Å². The van der Waals surface area contributed by atoms with Crippen LogP contribution in [0.3, 0.4) is 0 Å². The molecule has 1 N–H and O–H groups in total. The molecule has 0 saturated carbocycles. The molecule has 1 amide bonds. The highest BCUT2D eigenvalue weighted by Gasteiger charge is 2.18. The van der Waals surface area contributed by atoms with Crippen LogP contribution in [0.15, 0.2) is 71.9 Å². The van der Waals surface area contributed by atoms with Crippen LogP contribution in [0.5, 0.6) is 0 Å². The summed E-state index contributed by atoms with van der Waals surface area (Å²) in [4.78, 5) is 24.1. The van der Waals surface area contributed by atoms with Crippen LogP contribution in [0.25, 0.3) is 16.5 Å². The van der Waals surface area contributed by atoms with Gasteiger partial charge < -0.3 is 5.32 Å². The maximum Gasteiger partial charge on any atom is 0.216 e. The number of amides is 1. The molecular formula is C26H26N4O2S. The number of nitrogens with one attached hydrogen (secondary N) is 1. The summed E-state index contributed by atoms with van der Waals surface area (Å²) in [5, 5.41) is 14.5. The number of carbonyl (C=O) groups is 2. The molecule has 33 heavy (non-hydrogen) atoms. The molecule has 0 aliphatic heterocycles. The Morgan fingerprint density at radius 2 is 1.73 bits per heavy atom. The van der Waals surface area contributed by atoms with Crippen molar-refractivity contribution in [2.24, 2.45) is 0 Å². The third-order valence-electron chi connectivity index (χ3n) is 5.45. The number of fused-ring (bicyclic) bond motifs is 1. The Morgan fingerprint density at radius 1 is 0.970 bits per heavy atom. The van der Waals surface area contributed by atoms with E-state index in [1.54, 1.807) is 0 Å². The average molecular weight is 459 g/mol. The van der Waals surface area contributed by atoms with Crippen LogP contribution >= 0.6 is 11.8 Å². The van der Waals surface area contributed by atoms with Crippen molar-refractivity contribution in [1.82, 2.24) is 20.1 Å². The van der Waals surface area contributed by atoms with E-state index in [9.17, 15) is 9.59 Å². The molecule has 0 unspecified atom stereocenters. The first-order valence-corrected chi connectivity index (χ1v) is 12.0. The smallest absolute Gasteiger partial charge is 0.216 e. The number of aryl methyl sites for hydroxylation is 1. The van der Waals surface area contributed by atoms with Gasteiger partial charge in [0, 0.05) is 30.8 Å². The fourth-order valence-electron chi connectivity index (χ4n) is 3.69. The number of benzene rings is 3. The summed E-state index contributed by atoms with van der Waals surface area (Å²) in [5.74, 6) is 0.970. The van der Waals surface area contributed by atoms with Crippen molar-refractivity contribution in [1.29, 1.82) is 0 Å². The number of Topliss-reactive ketones (excluding diaryl/α,β-unsaturated/α-hetero) is 1. The molecule has 4 aromatic rings. The largest absolute Gasteiger partial charge is 0.356 e. The van der Waals surface area contributed by atoms with E-state index < -0.39 is 0 Å². The van der Waals surface area contributed by atoms with Crippen molar-refractivity contribution in [3.05, 3.63) is 83.7 Å². The molecule has 0 atom stereocenters. The number of aromatic nitrogens is 3. The number of nitrogens with zero attached hydrogens (tertiary/aromatic N) is 3. The summed E-state index contributed by atoms with van der Waals surface area (Å²) < 4.78 is 2.00. The topological polar surface area (TPSA) is 76.9 Å². The SMILES string of the molecule is CCc1ccc(C(=O)CSc2nnc(CCNC(C)=O)n2-c2cccc3ccccc23)cc1. The molecule has 4 rings (SSSR count). The Labute approximate surface area is 197 Å². The minimum atomic E-state index is -0.0829. The van der Waals surface area contributed by atoms with E-state index in [0.717, 1.165) is 28.7 Å². The van der Waals surface area contributed by atoms with Crippen LogP contribution in [0, 0.1) is 0 Å². The van der Waals surface area contributed by atoms with E-state index in [0.29, 0.717) is 23.7 Å². The predicted molar refractivity (Wildman–Crippen MR) is 132 cm³/mol. The van der Waals surface area contributed by atoms with Crippen LogP contribution in [0.4, 0.5) is 0 Å². The first-order valence-electron chi connectivity index (χ1n) is 11.0. The Morgan fingerprint density at radius 3 is 2.48 bits per heavy atom. The summed E-state index contributed by atoms with van der Waals surface area (Å²) in [6.45, 7) is 4.05. The highest BCUT2D eigenvalue weighted by molar-refractivity contribution is 7.99. The van der Waals surface area contributed by atoms with E-state index in [1.807, 2.05) is 53.1 Å². The van der Waals surface area contributed by atoms with Gasteiger partial charge in [-0.2, -0.15) is 0 Å². The second kappa shape index (κ2) is 10.4. The van der Waals surface area contributed by atoms with Crippen LogP contribution in [-0.4, -0.2) is 38.8 Å². The third kappa shape index (κ3) is 5.31. The average Bonchev–Trinajstić information content (AvgIpc) is 3.24. The highest BCUT2D eigenvalue weighted by atomic mass is 32.2. The molecule has 1 heterocycles. The molecule has 0 aliphatic carbocycles. The predicted octanol–water partition coefficient (Wildman–Crippen LogP) is 4.64. The quantitative estimate of drug-likeness (QED) is 0.292. The first kappa shape index (κ1) is 22.7. The molecule has 6 nitrogen and oxygen atoms in total. The zero-order valence-corrected chi connectivity index (χ0v) is 19.6. The van der Waals surface area contributed by atoms with Gasteiger partial charge in [-0.05, 0) is 23.4 Å². The van der Waals surface area contributed by atoms with Gasteiger partial charge in [0.15, 0.2) is 10.9 Å². The zero-order chi connectivity index (χ0) is 23.2. The van der Waals surface area contributed by atoms with E-state index in [4.69, 9.17) is 0 Å². The molecule has 0 spiro atoms. The van der Waals surface area contributed by atoms with Gasteiger partial charge in [0.2, 0.25) is 5.91 Å². The van der Waals surface area contributed by atoms with Gasteiger partial charge in [0.1, 0.15) is 5.82 Å². The minimum Gasteiger partial charge on any atom is -0.356 e. The number of carbonyl (C=O) groups excluding carboxylic acids is 2. The standard InChI is InChI=1S/C26H26N4O2S/c1-3-19-11-13-21(14-12-19)24(32)17-33-26-29-28-25(15-16-27-18(2)31)30(26)23-10-6-8-20-7-4-5-9-22(20)23/h4-14H,3,15-17H2,1-2H3,(H,27,31). The maximum absolute atomic E-state index is 12.8. The van der Waals surface area contributed by atoms with Crippen LogP contribution in [0.1, 0.15) is 35.6 Å². The summed E-state index contributed by atoms with van der Waals surface area (Å²) in [6.07, 6.45) is 1.47. The number of thioether (sulfide) groups is 1. The van der Waals surface area contributed by atoms with Gasteiger partial charge in [0.05, 0.1) is 11.4 Å². The maximum atomic E-state index is 12.8. The minimum absolute atomic E-state index is 0.0509. The fraction of sp³-hybridized carbons (Fsp3) is 0.231. The number of hydrogen-bond acceptors (Lipinski definition) is 5. The van der Waals surface area contributed by atoms with Crippen molar-refractivity contribution in [3.8, 4) is 5.69 Å². The van der Waals surface area contributed by atoms with E-state index >= 15 is 0 Å². The van der Waals surface area contributed by atoms with E-state index in [2.05, 4.69) is 40.6 Å². The molecule has 7 heteroatoms. The molecule has 0 bridgehead atoms.